The minimum Gasteiger partial charge on any atom is -0.459 e. The van der Waals surface area contributed by atoms with Gasteiger partial charge in [-0.25, -0.2) is 9.78 Å². The average Bonchev–Trinajstić information content (AvgIpc) is 2.75. The summed E-state index contributed by atoms with van der Waals surface area (Å²) < 4.78 is 6.29. The molecule has 0 unspecified atom stereocenters. The van der Waals surface area contributed by atoms with E-state index in [1.54, 1.807) is 12.4 Å². The van der Waals surface area contributed by atoms with E-state index in [-0.39, 0.29) is 13.2 Å². The molecule has 1 N–H and O–H groups in total. The Balaban J connectivity index is 2.80. The summed E-state index contributed by atoms with van der Waals surface area (Å²) in [6, 6.07) is 0. The maximum atomic E-state index is 11.5. The Labute approximate surface area is 87.3 Å². The number of ether oxygens (including phenoxy) is 1. The van der Waals surface area contributed by atoms with E-state index in [4.69, 9.17) is 9.84 Å². The van der Waals surface area contributed by atoms with Gasteiger partial charge in [-0.15, -0.1) is 0 Å². The average molecular weight is 208 g/mol. The number of imidazole rings is 1. The van der Waals surface area contributed by atoms with Gasteiger partial charge in [0.2, 0.25) is 0 Å². The van der Waals surface area contributed by atoms with Crippen LogP contribution in [0.25, 0.3) is 5.70 Å². The van der Waals surface area contributed by atoms with Gasteiger partial charge in [-0.1, -0.05) is 12.7 Å². The smallest absolute Gasteiger partial charge is 0.355 e. The number of rotatable bonds is 5. The third-order valence-corrected chi connectivity index (χ3v) is 1.59. The van der Waals surface area contributed by atoms with Crippen molar-refractivity contribution < 1.29 is 14.6 Å². The number of aliphatic hydroxyl groups is 1. The summed E-state index contributed by atoms with van der Waals surface area (Å²) in [5.41, 5.74) is 0.302. The van der Waals surface area contributed by atoms with Gasteiger partial charge in [0.1, 0.15) is 12.3 Å². The zero-order chi connectivity index (χ0) is 11.1. The Kier molecular flexibility index (Phi) is 4.30. The van der Waals surface area contributed by atoms with E-state index in [2.05, 4.69) is 11.6 Å². The summed E-state index contributed by atoms with van der Waals surface area (Å²) in [6.07, 6.45) is 7.65. The quantitative estimate of drug-likeness (QED) is 0.433. The topological polar surface area (TPSA) is 64.3 Å². The minimum atomic E-state index is -0.526. The Morgan fingerprint density at radius 1 is 1.67 bits per heavy atom. The van der Waals surface area contributed by atoms with E-state index in [0.717, 1.165) is 0 Å². The summed E-state index contributed by atoms with van der Waals surface area (Å²) in [5, 5.41) is 8.52. The van der Waals surface area contributed by atoms with Crippen molar-refractivity contribution in [3.63, 3.8) is 0 Å². The minimum absolute atomic E-state index is 0.0258. The highest BCUT2D eigenvalue weighted by Crippen LogP contribution is 2.06. The molecule has 0 aliphatic heterocycles. The van der Waals surface area contributed by atoms with Gasteiger partial charge in [-0.2, -0.15) is 0 Å². The number of hydrogen-bond acceptors (Lipinski definition) is 4. The standard InChI is InChI=1S/C10H12N2O3/c1-2-3-9(10(14)15-7-6-13)12-5-4-11-8-12/h2-5,8,13H,1,6-7H2. The van der Waals surface area contributed by atoms with Crippen LogP contribution in [0.2, 0.25) is 0 Å². The van der Waals surface area contributed by atoms with E-state index in [9.17, 15) is 4.79 Å². The molecule has 5 heteroatoms. The predicted molar refractivity (Wildman–Crippen MR) is 54.7 cm³/mol. The summed E-state index contributed by atoms with van der Waals surface area (Å²) in [6.45, 7) is 3.28. The molecular formula is C10H12N2O3. The third-order valence-electron chi connectivity index (χ3n) is 1.59. The number of hydrogen-bond donors (Lipinski definition) is 1. The van der Waals surface area contributed by atoms with Gasteiger partial charge in [-0.05, 0) is 6.08 Å². The van der Waals surface area contributed by atoms with Crippen LogP contribution in [-0.4, -0.2) is 33.8 Å². The SMILES string of the molecule is C=CC=C(C(=O)OCCO)n1ccnc1. The van der Waals surface area contributed by atoms with E-state index < -0.39 is 5.97 Å². The van der Waals surface area contributed by atoms with E-state index in [1.165, 1.54) is 23.0 Å². The van der Waals surface area contributed by atoms with Crippen LogP contribution in [0, 0.1) is 0 Å². The summed E-state index contributed by atoms with van der Waals surface area (Å²) >= 11 is 0. The predicted octanol–water partition coefficient (Wildman–Crippen LogP) is 0.445. The van der Waals surface area contributed by atoms with Crippen LogP contribution in [0.1, 0.15) is 0 Å². The van der Waals surface area contributed by atoms with Crippen LogP contribution in [0.3, 0.4) is 0 Å². The van der Waals surface area contributed by atoms with Crippen molar-refractivity contribution >= 4 is 11.7 Å². The van der Waals surface area contributed by atoms with Crippen molar-refractivity contribution in [3.05, 3.63) is 37.5 Å². The number of allylic oxidation sites excluding steroid dienone is 2. The van der Waals surface area contributed by atoms with Gasteiger partial charge < -0.3 is 9.84 Å². The van der Waals surface area contributed by atoms with Gasteiger partial charge in [0.15, 0.2) is 0 Å². The first kappa shape index (κ1) is 11.2. The zero-order valence-corrected chi connectivity index (χ0v) is 8.17. The molecule has 0 spiro atoms. The lowest BCUT2D eigenvalue weighted by Gasteiger charge is -2.06. The Morgan fingerprint density at radius 3 is 3.00 bits per heavy atom. The molecule has 5 nitrogen and oxygen atoms in total. The van der Waals surface area contributed by atoms with Crippen LogP contribution < -0.4 is 0 Å². The van der Waals surface area contributed by atoms with Crippen molar-refractivity contribution in [2.75, 3.05) is 13.2 Å². The fraction of sp³-hybridized carbons (Fsp3) is 0.200. The van der Waals surface area contributed by atoms with Crippen molar-refractivity contribution in [2.24, 2.45) is 0 Å². The zero-order valence-electron chi connectivity index (χ0n) is 8.17. The third kappa shape index (κ3) is 3.07. The van der Waals surface area contributed by atoms with Crippen LogP contribution in [0.15, 0.2) is 37.5 Å². The lowest BCUT2D eigenvalue weighted by Crippen LogP contribution is -2.13. The molecule has 1 aromatic heterocycles. The van der Waals surface area contributed by atoms with Gasteiger partial charge in [0.25, 0.3) is 0 Å². The Hall–Kier alpha value is -1.88. The summed E-state index contributed by atoms with van der Waals surface area (Å²) in [5.74, 6) is -0.526. The normalized spacial score (nSPS) is 11.1. The number of carbonyl (C=O) groups is 1. The largest absolute Gasteiger partial charge is 0.459 e. The monoisotopic (exact) mass is 208 g/mol. The second kappa shape index (κ2) is 5.77. The van der Waals surface area contributed by atoms with Crippen LogP contribution in [-0.2, 0) is 9.53 Å². The number of aliphatic hydroxyl groups excluding tert-OH is 1. The lowest BCUT2D eigenvalue weighted by molar-refractivity contribution is -0.138. The van der Waals surface area contributed by atoms with Crippen molar-refractivity contribution in [1.29, 1.82) is 0 Å². The molecule has 0 aliphatic carbocycles. The van der Waals surface area contributed by atoms with E-state index >= 15 is 0 Å². The molecule has 1 heterocycles. The molecule has 0 saturated carbocycles. The number of nitrogens with zero attached hydrogens (tertiary/aromatic N) is 2. The second-order valence-electron chi connectivity index (χ2n) is 2.62. The molecular weight excluding hydrogens is 196 g/mol. The molecule has 15 heavy (non-hydrogen) atoms. The van der Waals surface area contributed by atoms with Gasteiger partial charge >= 0.3 is 5.97 Å². The number of aromatic nitrogens is 2. The second-order valence-corrected chi connectivity index (χ2v) is 2.62. The molecule has 0 amide bonds. The molecule has 0 aliphatic rings. The lowest BCUT2D eigenvalue weighted by atomic mass is 10.4. The molecule has 0 bridgehead atoms. The fourth-order valence-corrected chi connectivity index (χ4v) is 0.985. The van der Waals surface area contributed by atoms with Crippen LogP contribution in [0.4, 0.5) is 0 Å². The first-order valence-corrected chi connectivity index (χ1v) is 4.38. The van der Waals surface area contributed by atoms with E-state index in [1.807, 2.05) is 0 Å². The maximum Gasteiger partial charge on any atom is 0.355 e. The van der Waals surface area contributed by atoms with Crippen molar-refractivity contribution in [2.45, 2.75) is 0 Å². The highest BCUT2D eigenvalue weighted by atomic mass is 16.5. The summed E-state index contributed by atoms with van der Waals surface area (Å²) in [7, 11) is 0. The molecule has 0 saturated heterocycles. The molecule has 0 radical (unpaired) electrons. The number of carbonyl (C=O) groups excluding carboxylic acids is 1. The fourth-order valence-electron chi connectivity index (χ4n) is 0.985. The Morgan fingerprint density at radius 2 is 2.47 bits per heavy atom. The van der Waals surface area contributed by atoms with Crippen molar-refractivity contribution in [3.8, 4) is 0 Å². The molecule has 0 aromatic carbocycles. The van der Waals surface area contributed by atoms with Gasteiger partial charge in [0, 0.05) is 12.4 Å². The first-order chi connectivity index (χ1) is 7.29. The van der Waals surface area contributed by atoms with Crippen molar-refractivity contribution in [1.82, 2.24) is 9.55 Å². The van der Waals surface area contributed by atoms with Gasteiger partial charge in [0.05, 0.1) is 12.9 Å². The highest BCUT2D eigenvalue weighted by Gasteiger charge is 2.11. The molecule has 80 valence electrons. The van der Waals surface area contributed by atoms with E-state index in [0.29, 0.717) is 5.70 Å². The highest BCUT2D eigenvalue weighted by molar-refractivity contribution is 6.10. The van der Waals surface area contributed by atoms with Crippen LogP contribution in [0.5, 0.6) is 0 Å². The molecule has 1 rings (SSSR count). The first-order valence-electron chi connectivity index (χ1n) is 4.38. The molecule has 0 atom stereocenters. The van der Waals surface area contributed by atoms with Gasteiger partial charge in [-0.3, -0.25) is 4.57 Å². The van der Waals surface area contributed by atoms with Crippen LogP contribution >= 0.6 is 0 Å². The molecule has 0 fully saturated rings. The Bertz CT molecular complexity index is 355. The number of esters is 1. The maximum absolute atomic E-state index is 11.5. The molecule has 1 aromatic rings. The summed E-state index contributed by atoms with van der Waals surface area (Å²) in [4.78, 5) is 15.3.